The summed E-state index contributed by atoms with van der Waals surface area (Å²) in [7, 11) is -3.69. The molecule has 0 radical (unpaired) electrons. The molecule has 0 spiro atoms. The van der Waals surface area contributed by atoms with Crippen LogP contribution in [0.25, 0.3) is 0 Å². The van der Waals surface area contributed by atoms with Crippen molar-refractivity contribution in [1.82, 2.24) is 14.4 Å². The van der Waals surface area contributed by atoms with Crippen molar-refractivity contribution in [3.8, 4) is 0 Å². The van der Waals surface area contributed by atoms with Crippen molar-refractivity contribution < 1.29 is 17.7 Å². The van der Waals surface area contributed by atoms with Crippen molar-refractivity contribution >= 4 is 27.3 Å². The maximum Gasteiger partial charge on any atom is 0.255 e. The van der Waals surface area contributed by atoms with Gasteiger partial charge in [-0.05, 0) is 51.0 Å². The topological polar surface area (TPSA) is 83.7 Å². The summed E-state index contributed by atoms with van der Waals surface area (Å²) in [6, 6.07) is 0. The van der Waals surface area contributed by atoms with E-state index in [9.17, 15) is 13.2 Å². The number of sulfonamides is 1. The van der Waals surface area contributed by atoms with Crippen molar-refractivity contribution in [1.29, 1.82) is 0 Å². The van der Waals surface area contributed by atoms with Gasteiger partial charge in [-0.2, -0.15) is 4.31 Å². The monoisotopic (exact) mass is 437 g/mol. The van der Waals surface area contributed by atoms with Crippen molar-refractivity contribution in [3.05, 3.63) is 32.8 Å². The summed E-state index contributed by atoms with van der Waals surface area (Å²) in [5, 5.41) is 5.77. The molecule has 0 bridgehead atoms. The van der Waals surface area contributed by atoms with Gasteiger partial charge in [0.1, 0.15) is 10.6 Å². The van der Waals surface area contributed by atoms with Gasteiger partial charge in [0.15, 0.2) is 5.76 Å². The highest BCUT2D eigenvalue weighted by Gasteiger charge is 2.34. The van der Waals surface area contributed by atoms with Gasteiger partial charge in [0.2, 0.25) is 10.0 Å². The van der Waals surface area contributed by atoms with Crippen LogP contribution >= 0.6 is 11.3 Å². The van der Waals surface area contributed by atoms with Gasteiger partial charge in [-0.15, -0.1) is 11.3 Å². The molecule has 7 nitrogen and oxygen atoms in total. The van der Waals surface area contributed by atoms with Crippen LogP contribution in [0.15, 0.2) is 14.8 Å². The van der Waals surface area contributed by atoms with Crippen LogP contribution in [0, 0.1) is 19.8 Å². The third-order valence-electron chi connectivity index (χ3n) is 5.94. The highest BCUT2D eigenvalue weighted by molar-refractivity contribution is 7.89. The van der Waals surface area contributed by atoms with Gasteiger partial charge < -0.3 is 9.42 Å². The number of hydrogen-bond donors (Lipinski definition) is 0. The van der Waals surface area contributed by atoms with Gasteiger partial charge in [-0.1, -0.05) is 12.1 Å². The Labute approximate surface area is 175 Å². The second-order valence-electron chi connectivity index (χ2n) is 8.10. The Hall–Kier alpha value is -1.71. The number of amides is 1. The first-order valence-electron chi connectivity index (χ1n) is 10.1. The van der Waals surface area contributed by atoms with Gasteiger partial charge in [0.05, 0.1) is 5.56 Å². The summed E-state index contributed by atoms with van der Waals surface area (Å²) in [5.41, 5.74) is 2.40. The Morgan fingerprint density at radius 1 is 1.24 bits per heavy atom. The minimum absolute atomic E-state index is 0.0358. The lowest BCUT2D eigenvalue weighted by Crippen LogP contribution is -2.37. The highest BCUT2D eigenvalue weighted by atomic mass is 32.2. The second kappa shape index (κ2) is 7.85. The number of hydrogen-bond acceptors (Lipinski definition) is 6. The molecule has 1 fully saturated rings. The molecule has 29 heavy (non-hydrogen) atoms. The lowest BCUT2D eigenvalue weighted by atomic mass is 9.88. The SMILES string of the molecule is Cc1noc(C)c1S(=O)(=O)N1CCCN(C(=O)c2csc3c2CCC(C)C3)CC1. The largest absolute Gasteiger partial charge is 0.360 e. The Bertz CT molecular complexity index is 1010. The molecule has 3 heterocycles. The third-order valence-corrected chi connectivity index (χ3v) is 9.13. The Morgan fingerprint density at radius 3 is 2.76 bits per heavy atom. The zero-order valence-electron chi connectivity index (χ0n) is 17.1. The van der Waals surface area contributed by atoms with E-state index in [4.69, 9.17) is 4.52 Å². The Balaban J connectivity index is 1.50. The van der Waals surface area contributed by atoms with Crippen LogP contribution in [0.4, 0.5) is 0 Å². The van der Waals surface area contributed by atoms with Crippen molar-refractivity contribution in [2.24, 2.45) is 5.92 Å². The molecular weight excluding hydrogens is 410 g/mol. The van der Waals surface area contributed by atoms with Crippen molar-refractivity contribution in [2.75, 3.05) is 26.2 Å². The number of carbonyl (C=O) groups is 1. The van der Waals surface area contributed by atoms with Crippen LogP contribution in [-0.2, 0) is 22.9 Å². The van der Waals surface area contributed by atoms with Crippen LogP contribution in [-0.4, -0.2) is 54.9 Å². The Morgan fingerprint density at radius 2 is 2.03 bits per heavy atom. The molecule has 1 unspecified atom stereocenters. The standard InChI is InChI=1S/C20H27N3O4S2/c1-13-5-6-16-17(12-28-18(16)11-13)20(24)22-7-4-8-23(10-9-22)29(25,26)19-14(2)21-27-15(19)3/h12-13H,4-11H2,1-3H3. The first-order valence-corrected chi connectivity index (χ1v) is 12.4. The lowest BCUT2D eigenvalue weighted by Gasteiger charge is -2.23. The number of aromatic nitrogens is 1. The summed E-state index contributed by atoms with van der Waals surface area (Å²) in [5.74, 6) is 1.01. The zero-order valence-corrected chi connectivity index (χ0v) is 18.7. The molecular formula is C20H27N3O4S2. The van der Waals surface area contributed by atoms with Crippen LogP contribution < -0.4 is 0 Å². The highest BCUT2D eigenvalue weighted by Crippen LogP contribution is 2.33. The quantitative estimate of drug-likeness (QED) is 0.737. The Kier molecular flexibility index (Phi) is 5.56. The molecule has 1 aliphatic heterocycles. The molecule has 1 atom stereocenters. The van der Waals surface area contributed by atoms with E-state index in [0.717, 1.165) is 24.8 Å². The van der Waals surface area contributed by atoms with E-state index in [1.165, 1.54) is 14.7 Å². The fourth-order valence-electron chi connectivity index (χ4n) is 4.34. The van der Waals surface area contributed by atoms with Crippen LogP contribution in [0.1, 0.15) is 52.0 Å². The van der Waals surface area contributed by atoms with Gasteiger partial charge in [-0.25, -0.2) is 8.42 Å². The molecule has 2 aromatic heterocycles. The fraction of sp³-hybridized carbons (Fsp3) is 0.600. The predicted molar refractivity (Wildman–Crippen MR) is 111 cm³/mol. The van der Waals surface area contributed by atoms with E-state index >= 15 is 0 Å². The molecule has 2 aliphatic rings. The summed E-state index contributed by atoms with van der Waals surface area (Å²) in [4.78, 5) is 16.5. The molecule has 2 aromatic rings. The fourth-order valence-corrected chi connectivity index (χ4v) is 7.34. The van der Waals surface area contributed by atoms with Crippen LogP contribution in [0.2, 0.25) is 0 Å². The molecule has 1 amide bonds. The first-order chi connectivity index (χ1) is 13.8. The summed E-state index contributed by atoms with van der Waals surface area (Å²) >= 11 is 1.69. The average Bonchev–Trinajstić information content (AvgIpc) is 3.13. The minimum atomic E-state index is -3.69. The minimum Gasteiger partial charge on any atom is -0.360 e. The number of carbonyl (C=O) groups excluding carboxylic acids is 1. The average molecular weight is 438 g/mol. The molecule has 1 saturated heterocycles. The van der Waals surface area contributed by atoms with Gasteiger partial charge in [-0.3, -0.25) is 4.79 Å². The third kappa shape index (κ3) is 3.75. The molecule has 0 aromatic carbocycles. The molecule has 0 N–H and O–H groups in total. The molecule has 0 saturated carbocycles. The molecule has 4 rings (SSSR count). The second-order valence-corrected chi connectivity index (χ2v) is 10.9. The normalized spacial score (nSPS) is 21.1. The van der Waals surface area contributed by atoms with Gasteiger partial charge in [0, 0.05) is 36.4 Å². The van der Waals surface area contributed by atoms with Crippen molar-refractivity contribution in [2.45, 2.75) is 51.3 Å². The number of thiophene rings is 1. The number of aryl methyl sites for hydroxylation is 2. The first kappa shape index (κ1) is 20.6. The van der Waals surface area contributed by atoms with E-state index in [1.54, 1.807) is 25.2 Å². The molecule has 158 valence electrons. The smallest absolute Gasteiger partial charge is 0.255 e. The predicted octanol–water partition coefficient (Wildman–Crippen LogP) is 3.01. The maximum absolute atomic E-state index is 13.2. The van der Waals surface area contributed by atoms with Gasteiger partial charge in [0.25, 0.3) is 5.91 Å². The van der Waals surface area contributed by atoms with E-state index < -0.39 is 10.0 Å². The number of nitrogens with zero attached hydrogens (tertiary/aromatic N) is 3. The summed E-state index contributed by atoms with van der Waals surface area (Å²) in [6.07, 6.45) is 3.74. The lowest BCUT2D eigenvalue weighted by molar-refractivity contribution is 0.0763. The number of rotatable bonds is 3. The molecule has 9 heteroatoms. The van der Waals surface area contributed by atoms with E-state index in [-0.39, 0.29) is 17.3 Å². The molecule has 1 aliphatic carbocycles. The van der Waals surface area contributed by atoms with E-state index in [0.29, 0.717) is 43.4 Å². The summed E-state index contributed by atoms with van der Waals surface area (Å²) in [6.45, 7) is 7.12. The van der Waals surface area contributed by atoms with E-state index in [2.05, 4.69) is 12.1 Å². The maximum atomic E-state index is 13.2. The van der Waals surface area contributed by atoms with Crippen LogP contribution in [0.3, 0.4) is 0 Å². The van der Waals surface area contributed by atoms with Crippen molar-refractivity contribution in [3.63, 3.8) is 0 Å². The van der Waals surface area contributed by atoms with Gasteiger partial charge >= 0.3 is 0 Å². The zero-order chi connectivity index (χ0) is 20.8. The number of fused-ring (bicyclic) bond motifs is 1. The summed E-state index contributed by atoms with van der Waals surface area (Å²) < 4.78 is 32.7. The van der Waals surface area contributed by atoms with E-state index in [1.807, 2.05) is 10.3 Å². The van der Waals surface area contributed by atoms with Crippen LogP contribution in [0.5, 0.6) is 0 Å².